The second-order valence-corrected chi connectivity index (χ2v) is 8.16. The summed E-state index contributed by atoms with van der Waals surface area (Å²) in [5, 5.41) is 11.4. The molecule has 0 atom stereocenters. The number of halogens is 1. The number of nitrogens with zero attached hydrogens (tertiary/aromatic N) is 4. The van der Waals surface area contributed by atoms with Gasteiger partial charge in [-0.15, -0.1) is 0 Å². The molecule has 1 aliphatic rings. The lowest BCUT2D eigenvalue weighted by molar-refractivity contribution is 0.102. The molecule has 4 aromatic rings. The third-order valence-electron chi connectivity index (χ3n) is 5.65. The van der Waals surface area contributed by atoms with Crippen LogP contribution >= 0.6 is 11.6 Å². The molecule has 2 aromatic heterocycles. The minimum atomic E-state index is -0.294. The number of carbonyl (C=O) groups is 1. The Labute approximate surface area is 196 Å². The molecular weight excluding hydrogens is 440 g/mol. The molecule has 0 spiro atoms. The number of fused-ring (bicyclic) bond motifs is 1. The number of benzene rings is 2. The van der Waals surface area contributed by atoms with E-state index in [2.05, 4.69) is 25.6 Å². The summed E-state index contributed by atoms with van der Waals surface area (Å²) in [6.07, 6.45) is 3.46. The van der Waals surface area contributed by atoms with Crippen LogP contribution in [0.3, 0.4) is 0 Å². The molecule has 5 rings (SSSR count). The lowest BCUT2D eigenvalue weighted by atomic mass is 10.1. The molecule has 8 nitrogen and oxygen atoms in total. The number of piperazine rings is 1. The number of carbonyl (C=O) groups excluding carboxylic acids is 1. The maximum Gasteiger partial charge on any atom is 0.274 e. The van der Waals surface area contributed by atoms with Crippen molar-refractivity contribution in [1.29, 1.82) is 0 Å². The maximum absolute atomic E-state index is 13.2. The minimum Gasteiger partial charge on any atom is -0.497 e. The number of rotatable bonds is 5. The smallest absolute Gasteiger partial charge is 0.274 e. The normalized spacial score (nSPS) is 13.8. The van der Waals surface area contributed by atoms with Gasteiger partial charge in [0.1, 0.15) is 11.4 Å². The van der Waals surface area contributed by atoms with Crippen LogP contribution in [-0.2, 0) is 0 Å². The van der Waals surface area contributed by atoms with Gasteiger partial charge < -0.3 is 20.3 Å². The summed E-state index contributed by atoms with van der Waals surface area (Å²) in [5.41, 5.74) is 4.22. The Bertz CT molecular complexity index is 1320. The number of methoxy groups -OCH3 is 1. The van der Waals surface area contributed by atoms with Crippen molar-refractivity contribution in [3.8, 4) is 16.9 Å². The van der Waals surface area contributed by atoms with E-state index in [1.54, 1.807) is 30.1 Å². The van der Waals surface area contributed by atoms with Crippen molar-refractivity contribution in [1.82, 2.24) is 19.9 Å². The topological polar surface area (TPSA) is 83.8 Å². The standard InChI is InChI=1S/C24H23ClN6O2/c1-33-18-5-6-20(22(14-18)30-11-8-26-9-12-30)29-24(32)21-7-10-31-23(28-21)19(15-27-31)16-3-2-4-17(25)13-16/h2-7,10,13-15,26H,8-9,11-12H2,1H3,(H,29,32). The molecule has 168 valence electrons. The lowest BCUT2D eigenvalue weighted by Gasteiger charge is -2.31. The molecule has 0 bridgehead atoms. The minimum absolute atomic E-state index is 0.294. The average molecular weight is 463 g/mol. The predicted molar refractivity (Wildman–Crippen MR) is 129 cm³/mol. The van der Waals surface area contributed by atoms with Crippen LogP contribution in [0.15, 0.2) is 60.9 Å². The third-order valence-corrected chi connectivity index (χ3v) is 5.88. The van der Waals surface area contributed by atoms with Gasteiger partial charge in [0.05, 0.1) is 24.7 Å². The van der Waals surface area contributed by atoms with E-state index in [1.165, 1.54) is 0 Å². The number of aromatic nitrogens is 3. The summed E-state index contributed by atoms with van der Waals surface area (Å²) < 4.78 is 7.05. The zero-order chi connectivity index (χ0) is 22.8. The first kappa shape index (κ1) is 21.2. The summed E-state index contributed by atoms with van der Waals surface area (Å²) in [6.45, 7) is 3.46. The highest BCUT2D eigenvalue weighted by molar-refractivity contribution is 6.30. The fourth-order valence-corrected chi connectivity index (χ4v) is 4.14. The van der Waals surface area contributed by atoms with Crippen LogP contribution in [0.5, 0.6) is 5.75 Å². The first-order valence-corrected chi connectivity index (χ1v) is 11.1. The fourth-order valence-electron chi connectivity index (χ4n) is 3.95. The molecule has 9 heteroatoms. The predicted octanol–water partition coefficient (Wildman–Crippen LogP) is 3.72. The lowest BCUT2D eigenvalue weighted by Crippen LogP contribution is -2.43. The molecular formula is C24H23ClN6O2. The van der Waals surface area contributed by atoms with Crippen molar-refractivity contribution < 1.29 is 9.53 Å². The van der Waals surface area contributed by atoms with Crippen LogP contribution in [0.4, 0.5) is 11.4 Å². The number of ether oxygens (including phenoxy) is 1. The molecule has 0 saturated carbocycles. The Morgan fingerprint density at radius 1 is 1.15 bits per heavy atom. The van der Waals surface area contributed by atoms with Crippen molar-refractivity contribution in [3.63, 3.8) is 0 Å². The van der Waals surface area contributed by atoms with Crippen molar-refractivity contribution in [3.05, 3.63) is 71.6 Å². The summed E-state index contributed by atoms with van der Waals surface area (Å²) in [6, 6.07) is 14.8. The van der Waals surface area contributed by atoms with E-state index >= 15 is 0 Å². The first-order chi connectivity index (χ1) is 16.1. The van der Waals surface area contributed by atoms with Gasteiger partial charge in [0, 0.05) is 49.0 Å². The van der Waals surface area contributed by atoms with E-state index in [4.69, 9.17) is 16.3 Å². The molecule has 0 aliphatic carbocycles. The van der Waals surface area contributed by atoms with Crippen molar-refractivity contribution >= 4 is 34.5 Å². The van der Waals surface area contributed by atoms with Crippen molar-refractivity contribution in [2.75, 3.05) is 43.5 Å². The van der Waals surface area contributed by atoms with E-state index in [1.807, 2.05) is 42.5 Å². The van der Waals surface area contributed by atoms with E-state index in [0.717, 1.165) is 48.7 Å². The van der Waals surface area contributed by atoms with Crippen LogP contribution in [-0.4, -0.2) is 53.8 Å². The fraction of sp³-hybridized carbons (Fsp3) is 0.208. The number of hydrogen-bond acceptors (Lipinski definition) is 6. The Balaban J connectivity index is 1.47. The van der Waals surface area contributed by atoms with Gasteiger partial charge in [-0.25, -0.2) is 9.50 Å². The number of amides is 1. The number of nitrogens with one attached hydrogen (secondary N) is 2. The average Bonchev–Trinajstić information content (AvgIpc) is 3.28. The van der Waals surface area contributed by atoms with Gasteiger partial charge in [-0.05, 0) is 35.9 Å². The molecule has 1 amide bonds. The van der Waals surface area contributed by atoms with Gasteiger partial charge >= 0.3 is 0 Å². The Hall–Kier alpha value is -3.62. The monoisotopic (exact) mass is 462 g/mol. The van der Waals surface area contributed by atoms with Gasteiger partial charge in [0.15, 0.2) is 5.65 Å². The van der Waals surface area contributed by atoms with Gasteiger partial charge in [0.25, 0.3) is 5.91 Å². The zero-order valence-corrected chi connectivity index (χ0v) is 18.8. The molecule has 2 aromatic carbocycles. The summed E-state index contributed by atoms with van der Waals surface area (Å²) in [7, 11) is 1.64. The van der Waals surface area contributed by atoms with E-state index in [9.17, 15) is 4.79 Å². The van der Waals surface area contributed by atoms with Crippen LogP contribution in [0, 0.1) is 0 Å². The van der Waals surface area contributed by atoms with Crippen molar-refractivity contribution in [2.24, 2.45) is 0 Å². The molecule has 0 unspecified atom stereocenters. The maximum atomic E-state index is 13.2. The van der Waals surface area contributed by atoms with E-state index in [0.29, 0.717) is 22.1 Å². The molecule has 2 N–H and O–H groups in total. The van der Waals surface area contributed by atoms with Crippen LogP contribution in [0.2, 0.25) is 5.02 Å². The number of hydrogen-bond donors (Lipinski definition) is 2. The summed E-state index contributed by atoms with van der Waals surface area (Å²) in [5.74, 6) is 0.448. The largest absolute Gasteiger partial charge is 0.497 e. The highest BCUT2D eigenvalue weighted by Crippen LogP contribution is 2.31. The van der Waals surface area contributed by atoms with Gasteiger partial charge in [-0.2, -0.15) is 5.10 Å². The SMILES string of the molecule is COc1ccc(NC(=O)c2ccn3ncc(-c4cccc(Cl)c4)c3n2)c(N2CCNCC2)c1. The van der Waals surface area contributed by atoms with Gasteiger partial charge in [-0.1, -0.05) is 23.7 Å². The molecule has 1 fully saturated rings. The molecule has 3 heterocycles. The Morgan fingerprint density at radius 3 is 2.79 bits per heavy atom. The first-order valence-electron chi connectivity index (χ1n) is 10.7. The van der Waals surface area contributed by atoms with Crippen LogP contribution in [0.1, 0.15) is 10.5 Å². The quantitative estimate of drug-likeness (QED) is 0.470. The number of anilines is 2. The molecule has 1 aliphatic heterocycles. The van der Waals surface area contributed by atoms with E-state index in [-0.39, 0.29) is 5.91 Å². The van der Waals surface area contributed by atoms with Gasteiger partial charge in [0.2, 0.25) is 0 Å². The van der Waals surface area contributed by atoms with Crippen LogP contribution in [0.25, 0.3) is 16.8 Å². The summed E-state index contributed by atoms with van der Waals surface area (Å²) >= 11 is 6.16. The van der Waals surface area contributed by atoms with Crippen LogP contribution < -0.4 is 20.3 Å². The second kappa shape index (κ2) is 9.09. The van der Waals surface area contributed by atoms with Gasteiger partial charge in [-0.3, -0.25) is 4.79 Å². The zero-order valence-electron chi connectivity index (χ0n) is 18.1. The summed E-state index contributed by atoms with van der Waals surface area (Å²) in [4.78, 5) is 20.0. The van der Waals surface area contributed by atoms with E-state index < -0.39 is 0 Å². The molecule has 1 saturated heterocycles. The molecule has 33 heavy (non-hydrogen) atoms. The van der Waals surface area contributed by atoms with Crippen molar-refractivity contribution in [2.45, 2.75) is 0 Å². The highest BCUT2D eigenvalue weighted by Gasteiger charge is 2.19. The highest BCUT2D eigenvalue weighted by atomic mass is 35.5. The molecule has 0 radical (unpaired) electrons. The Kier molecular flexibility index (Phi) is 5.85. The second-order valence-electron chi connectivity index (χ2n) is 7.72. The Morgan fingerprint density at radius 2 is 2.00 bits per heavy atom. The third kappa shape index (κ3) is 4.35.